The highest BCUT2D eigenvalue weighted by atomic mass is 79.9. The van der Waals surface area contributed by atoms with Gasteiger partial charge in [-0.2, -0.15) is 0 Å². The van der Waals surface area contributed by atoms with Crippen LogP contribution in [0.3, 0.4) is 0 Å². The van der Waals surface area contributed by atoms with Crippen LogP contribution in [-0.4, -0.2) is 0 Å². The molecule has 1 unspecified atom stereocenters. The zero-order valence-electron chi connectivity index (χ0n) is 10.5. The Morgan fingerprint density at radius 2 is 1.63 bits per heavy atom. The highest BCUT2D eigenvalue weighted by Gasteiger charge is 2.15. The van der Waals surface area contributed by atoms with Crippen LogP contribution in [-0.2, 0) is 0 Å². The molecule has 19 heavy (non-hydrogen) atoms. The van der Waals surface area contributed by atoms with E-state index in [0.717, 1.165) is 19.5 Å². The van der Waals surface area contributed by atoms with Crippen LogP contribution in [0.25, 0.3) is 0 Å². The maximum absolute atomic E-state index is 6.17. The fourth-order valence-electron chi connectivity index (χ4n) is 1.93. The largest absolute Gasteiger partial charge is 0.0831 e. The van der Waals surface area contributed by atoms with E-state index in [1.807, 2.05) is 12.1 Å². The molecule has 1 atom stereocenters. The van der Waals surface area contributed by atoms with Gasteiger partial charge in [0.2, 0.25) is 0 Å². The van der Waals surface area contributed by atoms with Crippen molar-refractivity contribution in [2.45, 2.75) is 18.7 Å². The van der Waals surface area contributed by atoms with Crippen molar-refractivity contribution in [1.29, 1.82) is 0 Å². The van der Waals surface area contributed by atoms with Gasteiger partial charge in [-0.15, -0.1) is 0 Å². The Bertz CT molecular complexity index is 623. The average Bonchev–Trinajstić information content (AvgIpc) is 2.36. The number of hydrogen-bond acceptors (Lipinski definition) is 0. The minimum atomic E-state index is 0.143. The zero-order chi connectivity index (χ0) is 14.2. The molecule has 2 aromatic rings. The maximum Gasteiger partial charge on any atom is 0.0647 e. The first-order valence-corrected chi connectivity index (χ1v) is 8.63. The zero-order valence-corrected chi connectivity index (χ0v) is 16.0. The first-order valence-electron chi connectivity index (χ1n) is 5.76. The van der Waals surface area contributed by atoms with Crippen LogP contribution in [0.2, 0.25) is 5.02 Å². The van der Waals surface area contributed by atoms with Crippen LogP contribution < -0.4 is 0 Å². The number of hydrogen-bond donors (Lipinski definition) is 0. The Kier molecular flexibility index (Phi) is 5.15. The first-order chi connectivity index (χ1) is 8.90. The number of alkyl halides is 1. The van der Waals surface area contributed by atoms with E-state index in [9.17, 15) is 0 Å². The molecule has 0 N–H and O–H groups in total. The van der Waals surface area contributed by atoms with Crippen LogP contribution in [0.1, 0.15) is 27.1 Å². The van der Waals surface area contributed by atoms with Gasteiger partial charge in [-0.05, 0) is 70.2 Å². The van der Waals surface area contributed by atoms with E-state index < -0.39 is 0 Å². The van der Waals surface area contributed by atoms with Gasteiger partial charge in [-0.1, -0.05) is 55.6 Å². The summed E-state index contributed by atoms with van der Waals surface area (Å²) < 4.78 is 2.06. The number of halogens is 4. The molecule has 0 nitrogen and oxygen atoms in total. The van der Waals surface area contributed by atoms with Gasteiger partial charge >= 0.3 is 0 Å². The molecule has 0 bridgehead atoms. The maximum atomic E-state index is 6.17. The highest BCUT2D eigenvalue weighted by Crippen LogP contribution is 2.37. The van der Waals surface area contributed by atoms with Gasteiger partial charge in [-0.25, -0.2) is 0 Å². The van der Waals surface area contributed by atoms with Crippen LogP contribution in [0, 0.1) is 13.8 Å². The predicted octanol–water partition coefficient (Wildman–Crippen LogP) is 6.97. The summed E-state index contributed by atoms with van der Waals surface area (Å²) in [5.41, 5.74) is 4.89. The van der Waals surface area contributed by atoms with E-state index in [4.69, 9.17) is 11.6 Å². The summed E-state index contributed by atoms with van der Waals surface area (Å²) in [6.45, 7) is 4.22. The van der Waals surface area contributed by atoms with Gasteiger partial charge < -0.3 is 0 Å². The van der Waals surface area contributed by atoms with Gasteiger partial charge in [0.15, 0.2) is 0 Å². The molecule has 0 fully saturated rings. The summed E-state index contributed by atoms with van der Waals surface area (Å²) in [6.07, 6.45) is 0. The van der Waals surface area contributed by atoms with Crippen molar-refractivity contribution >= 4 is 59.4 Å². The van der Waals surface area contributed by atoms with Gasteiger partial charge in [0, 0.05) is 8.95 Å². The van der Waals surface area contributed by atoms with E-state index in [1.54, 1.807) is 0 Å². The van der Waals surface area contributed by atoms with Gasteiger partial charge in [0.25, 0.3) is 0 Å². The Balaban J connectivity index is 2.46. The minimum Gasteiger partial charge on any atom is -0.0831 e. The Labute approximate surface area is 143 Å². The number of benzene rings is 2. The SMILES string of the molecule is Cc1cc(C(Br)c2ccc(Br)c(Cl)c2)c(C)cc1Br. The topological polar surface area (TPSA) is 0 Å². The second-order valence-electron chi connectivity index (χ2n) is 4.49. The lowest BCUT2D eigenvalue weighted by Gasteiger charge is -2.16. The van der Waals surface area contributed by atoms with Crippen LogP contribution in [0.15, 0.2) is 39.3 Å². The van der Waals surface area contributed by atoms with Crippen LogP contribution >= 0.6 is 59.4 Å². The molecule has 0 amide bonds. The monoisotopic (exact) mass is 464 g/mol. The van der Waals surface area contributed by atoms with Crippen molar-refractivity contribution in [3.05, 3.63) is 66.6 Å². The van der Waals surface area contributed by atoms with E-state index in [2.05, 4.69) is 79.8 Å². The second kappa shape index (κ2) is 6.30. The fourth-order valence-corrected chi connectivity index (χ4v) is 3.60. The lowest BCUT2D eigenvalue weighted by atomic mass is 9.98. The van der Waals surface area contributed by atoms with Crippen molar-refractivity contribution in [3.8, 4) is 0 Å². The summed E-state index contributed by atoms with van der Waals surface area (Å²) in [7, 11) is 0. The van der Waals surface area contributed by atoms with Crippen molar-refractivity contribution in [2.24, 2.45) is 0 Å². The number of aryl methyl sites for hydroxylation is 2. The highest BCUT2D eigenvalue weighted by molar-refractivity contribution is 9.11. The normalized spacial score (nSPS) is 12.5. The van der Waals surface area contributed by atoms with Crippen molar-refractivity contribution in [1.82, 2.24) is 0 Å². The third-order valence-electron chi connectivity index (χ3n) is 3.06. The molecule has 0 heterocycles. The average molecular weight is 467 g/mol. The molecular weight excluding hydrogens is 455 g/mol. The Morgan fingerprint density at radius 3 is 2.26 bits per heavy atom. The molecular formula is C15H12Br3Cl. The Morgan fingerprint density at radius 1 is 0.947 bits per heavy atom. The molecule has 0 aliphatic carbocycles. The number of rotatable bonds is 2. The standard InChI is InChI=1S/C15H12Br3Cl/c1-8-6-13(17)9(2)5-11(8)15(18)10-3-4-12(16)14(19)7-10/h3-7,15H,1-2H3. The lowest BCUT2D eigenvalue weighted by molar-refractivity contribution is 1.13. The van der Waals surface area contributed by atoms with E-state index in [-0.39, 0.29) is 4.83 Å². The first kappa shape index (κ1) is 15.6. The minimum absolute atomic E-state index is 0.143. The third kappa shape index (κ3) is 3.44. The third-order valence-corrected chi connectivity index (χ3v) is 6.17. The van der Waals surface area contributed by atoms with E-state index >= 15 is 0 Å². The molecule has 0 aromatic heterocycles. The molecule has 0 radical (unpaired) electrons. The van der Waals surface area contributed by atoms with Crippen molar-refractivity contribution in [2.75, 3.05) is 0 Å². The summed E-state index contributed by atoms with van der Waals surface area (Å²) >= 11 is 16.9. The van der Waals surface area contributed by atoms with Gasteiger partial charge in [-0.3, -0.25) is 0 Å². The molecule has 2 aromatic carbocycles. The smallest absolute Gasteiger partial charge is 0.0647 e. The fraction of sp³-hybridized carbons (Fsp3) is 0.200. The quantitative estimate of drug-likeness (QED) is 0.419. The lowest BCUT2D eigenvalue weighted by Crippen LogP contribution is -1.97. The van der Waals surface area contributed by atoms with E-state index in [0.29, 0.717) is 0 Å². The van der Waals surface area contributed by atoms with Gasteiger partial charge in [0.05, 0.1) is 9.85 Å². The molecule has 0 aliphatic rings. The summed E-state index contributed by atoms with van der Waals surface area (Å²) in [5, 5.41) is 0.730. The Hall–Kier alpha value is 0.170. The van der Waals surface area contributed by atoms with Crippen molar-refractivity contribution < 1.29 is 0 Å². The summed E-state index contributed by atoms with van der Waals surface area (Å²) in [5.74, 6) is 0. The second-order valence-corrected chi connectivity index (χ2v) is 7.53. The molecule has 0 saturated carbocycles. The van der Waals surface area contributed by atoms with E-state index in [1.165, 1.54) is 16.7 Å². The summed E-state index contributed by atoms with van der Waals surface area (Å²) in [6, 6.07) is 10.4. The van der Waals surface area contributed by atoms with Crippen LogP contribution in [0.5, 0.6) is 0 Å². The molecule has 4 heteroatoms. The molecule has 2 rings (SSSR count). The van der Waals surface area contributed by atoms with Crippen LogP contribution in [0.4, 0.5) is 0 Å². The molecule has 100 valence electrons. The summed E-state index contributed by atoms with van der Waals surface area (Å²) in [4.78, 5) is 0.143. The molecule has 0 aliphatic heterocycles. The van der Waals surface area contributed by atoms with Crippen molar-refractivity contribution in [3.63, 3.8) is 0 Å². The molecule has 0 spiro atoms. The van der Waals surface area contributed by atoms with Gasteiger partial charge in [0.1, 0.15) is 0 Å². The molecule has 0 saturated heterocycles. The predicted molar refractivity (Wildman–Crippen MR) is 93.5 cm³/mol.